The predicted molar refractivity (Wildman–Crippen MR) is 157 cm³/mol. The maximum absolute atomic E-state index is 11.7. The fourth-order valence-corrected chi connectivity index (χ4v) is 4.98. The van der Waals surface area contributed by atoms with Gasteiger partial charge in [0.2, 0.25) is 0 Å². The zero-order valence-electron chi connectivity index (χ0n) is 22.7. The molecule has 17 heteroatoms. The van der Waals surface area contributed by atoms with Gasteiger partial charge in [0.05, 0.1) is 41.3 Å². The van der Waals surface area contributed by atoms with Crippen molar-refractivity contribution in [3.8, 4) is 17.3 Å². The van der Waals surface area contributed by atoms with Gasteiger partial charge >= 0.3 is 0 Å². The first kappa shape index (κ1) is 32.8. The lowest BCUT2D eigenvalue weighted by molar-refractivity contribution is 0.488. The van der Waals surface area contributed by atoms with Gasteiger partial charge in [-0.25, -0.2) is 23.4 Å². The van der Waals surface area contributed by atoms with E-state index in [-0.39, 0.29) is 11.5 Å². The third-order valence-corrected chi connectivity index (χ3v) is 7.36. The van der Waals surface area contributed by atoms with Crippen LogP contribution in [0.4, 0.5) is 17.5 Å². The Morgan fingerprint density at radius 3 is 2.10 bits per heavy atom. The average molecular weight is 639 g/mol. The molecule has 1 saturated carbocycles. The molecule has 0 bridgehead atoms. The Labute approximate surface area is 244 Å². The minimum atomic E-state index is -3.67. The van der Waals surface area contributed by atoms with Gasteiger partial charge in [0, 0.05) is 31.0 Å². The number of aromatic nitrogens is 3. The first-order valence-corrected chi connectivity index (χ1v) is 17.9. The highest BCUT2D eigenvalue weighted by atomic mass is 32.2. The molecule has 1 saturated heterocycles. The zero-order valence-corrected chi connectivity index (χ0v) is 25.2. The summed E-state index contributed by atoms with van der Waals surface area (Å²) >= 11 is 0. The van der Waals surface area contributed by atoms with Crippen LogP contribution in [-0.4, -0.2) is 86.4 Å². The molecule has 14 nitrogen and oxygen atoms in total. The number of anilines is 3. The van der Waals surface area contributed by atoms with Crippen molar-refractivity contribution < 1.29 is 34.4 Å². The van der Waals surface area contributed by atoms with Crippen LogP contribution in [0.1, 0.15) is 29.9 Å². The van der Waals surface area contributed by atoms with Gasteiger partial charge in [-0.05, 0) is 60.7 Å². The highest BCUT2D eigenvalue weighted by molar-refractivity contribution is 7.91. The van der Waals surface area contributed by atoms with E-state index in [1.807, 2.05) is 23.1 Å². The summed E-state index contributed by atoms with van der Waals surface area (Å²) in [5.41, 5.74) is 3.46. The molecule has 3 aromatic rings. The Balaban J connectivity index is 0.000000420. The van der Waals surface area contributed by atoms with Crippen LogP contribution in [0.3, 0.4) is 0 Å². The summed E-state index contributed by atoms with van der Waals surface area (Å²) < 4.78 is 75.1. The van der Waals surface area contributed by atoms with Crippen molar-refractivity contribution in [3.63, 3.8) is 0 Å². The van der Waals surface area contributed by atoms with Crippen LogP contribution in [0.2, 0.25) is 0 Å². The molecule has 0 atom stereocenters. The second-order valence-electron chi connectivity index (χ2n) is 9.62. The molecule has 4 heterocycles. The van der Waals surface area contributed by atoms with E-state index >= 15 is 0 Å². The van der Waals surface area contributed by atoms with E-state index in [1.165, 1.54) is 18.4 Å². The van der Waals surface area contributed by atoms with Crippen molar-refractivity contribution >= 4 is 47.5 Å². The summed E-state index contributed by atoms with van der Waals surface area (Å²) in [7, 11) is -10.3. The number of nitrogens with zero attached hydrogens (tertiary/aromatic N) is 5. The van der Waals surface area contributed by atoms with E-state index in [0.717, 1.165) is 17.1 Å². The number of pyridine rings is 3. The van der Waals surface area contributed by atoms with Gasteiger partial charge in [-0.1, -0.05) is 0 Å². The molecular weight excluding hydrogens is 609 g/mol. The summed E-state index contributed by atoms with van der Waals surface area (Å²) in [6.07, 6.45) is 7.15. The third-order valence-electron chi connectivity index (χ3n) is 5.75. The summed E-state index contributed by atoms with van der Waals surface area (Å²) in [5, 5.41) is 12.4. The molecule has 0 amide bonds. The molecule has 3 aromatic heterocycles. The lowest BCUT2D eigenvalue weighted by Crippen LogP contribution is -2.40. The summed E-state index contributed by atoms with van der Waals surface area (Å²) in [6, 6.07) is 13.5. The molecule has 2 fully saturated rings. The fourth-order valence-electron chi connectivity index (χ4n) is 3.78. The molecule has 1 aliphatic heterocycles. The van der Waals surface area contributed by atoms with Crippen molar-refractivity contribution in [3.05, 3.63) is 59.9 Å². The standard InChI is InChI=1S/C23H22N6O2S.2CH4O3S/c24-14-16-5-6-25-21(11-16)28-22-13-19(17-1-2-17)12-20(27-22)18-3-4-23(26-15-18)29-7-9-32(30,31)10-8-29;2*1-5(2,3)4/h3-6,11-13,15,17H,1-2,7-10H2,(H,25,27,28);2*1H3,(H,2,3,4). The summed E-state index contributed by atoms with van der Waals surface area (Å²) in [6.45, 7) is 0.930. The van der Waals surface area contributed by atoms with Crippen molar-refractivity contribution in [2.24, 2.45) is 0 Å². The number of sulfone groups is 1. The van der Waals surface area contributed by atoms with E-state index in [9.17, 15) is 25.3 Å². The Bertz CT molecular complexity index is 1710. The number of nitriles is 1. The van der Waals surface area contributed by atoms with Crippen LogP contribution >= 0.6 is 0 Å². The Morgan fingerprint density at radius 1 is 0.952 bits per heavy atom. The van der Waals surface area contributed by atoms with Gasteiger partial charge in [0.25, 0.3) is 20.2 Å². The largest absolute Gasteiger partial charge is 0.355 e. The van der Waals surface area contributed by atoms with Gasteiger partial charge < -0.3 is 10.2 Å². The van der Waals surface area contributed by atoms with Crippen LogP contribution in [0, 0.1) is 11.3 Å². The zero-order chi connectivity index (χ0) is 31.1. The first-order chi connectivity index (χ1) is 19.5. The number of rotatable bonds is 5. The molecule has 3 N–H and O–H groups in total. The lowest BCUT2D eigenvalue weighted by Gasteiger charge is -2.27. The van der Waals surface area contributed by atoms with E-state index in [1.54, 1.807) is 24.5 Å². The average Bonchev–Trinajstić information content (AvgIpc) is 3.73. The van der Waals surface area contributed by atoms with E-state index in [2.05, 4.69) is 27.4 Å². The molecule has 0 aromatic carbocycles. The van der Waals surface area contributed by atoms with Gasteiger partial charge in [-0.2, -0.15) is 22.1 Å². The minimum Gasteiger partial charge on any atom is -0.355 e. The van der Waals surface area contributed by atoms with Crippen LogP contribution < -0.4 is 10.2 Å². The minimum absolute atomic E-state index is 0.164. The Hall–Kier alpha value is -3.69. The highest BCUT2D eigenvalue weighted by Crippen LogP contribution is 2.42. The van der Waals surface area contributed by atoms with Crippen molar-refractivity contribution in [1.29, 1.82) is 5.26 Å². The molecule has 42 heavy (non-hydrogen) atoms. The normalized spacial score (nSPS) is 16.1. The lowest BCUT2D eigenvalue weighted by atomic mass is 10.1. The topological polar surface area (TPSA) is 221 Å². The molecule has 0 radical (unpaired) electrons. The predicted octanol–water partition coefficient (Wildman–Crippen LogP) is 2.27. The van der Waals surface area contributed by atoms with E-state index < -0.39 is 30.1 Å². The van der Waals surface area contributed by atoms with Gasteiger partial charge in [0.1, 0.15) is 17.5 Å². The van der Waals surface area contributed by atoms with Crippen molar-refractivity contribution in [2.75, 3.05) is 47.3 Å². The monoisotopic (exact) mass is 638 g/mol. The molecule has 1 aliphatic carbocycles. The Kier molecular flexibility index (Phi) is 10.6. The molecule has 0 unspecified atom stereocenters. The van der Waals surface area contributed by atoms with Gasteiger partial charge in [-0.15, -0.1) is 0 Å². The molecule has 2 aliphatic rings. The van der Waals surface area contributed by atoms with Crippen molar-refractivity contribution in [1.82, 2.24) is 15.0 Å². The second-order valence-corrected chi connectivity index (χ2v) is 14.9. The van der Waals surface area contributed by atoms with Crippen LogP contribution in [0.15, 0.2) is 48.8 Å². The molecule has 0 spiro atoms. The summed E-state index contributed by atoms with van der Waals surface area (Å²) in [5.74, 6) is 2.90. The maximum atomic E-state index is 11.7. The molecule has 226 valence electrons. The van der Waals surface area contributed by atoms with Crippen LogP contribution in [-0.2, 0) is 30.1 Å². The third kappa shape index (κ3) is 12.0. The van der Waals surface area contributed by atoms with Crippen molar-refractivity contribution in [2.45, 2.75) is 18.8 Å². The number of hydrogen-bond acceptors (Lipinski definition) is 12. The van der Waals surface area contributed by atoms with E-state index in [0.29, 0.717) is 48.7 Å². The van der Waals surface area contributed by atoms with Crippen LogP contribution in [0.25, 0.3) is 11.3 Å². The number of nitrogens with one attached hydrogen (secondary N) is 1. The van der Waals surface area contributed by atoms with Crippen LogP contribution in [0.5, 0.6) is 0 Å². The quantitative estimate of drug-likeness (QED) is 0.341. The first-order valence-electron chi connectivity index (χ1n) is 12.4. The molecular formula is C25H30N6O8S3. The van der Waals surface area contributed by atoms with Gasteiger partial charge in [-0.3, -0.25) is 9.11 Å². The molecule has 5 rings (SSSR count). The number of hydrogen-bond donors (Lipinski definition) is 3. The SMILES string of the molecule is CS(=O)(=O)O.CS(=O)(=O)O.N#Cc1ccnc(Nc2cc(C3CC3)cc(-c3ccc(N4CCS(=O)(=O)CC4)nc3)n2)c1. The van der Waals surface area contributed by atoms with E-state index in [4.69, 9.17) is 19.4 Å². The van der Waals surface area contributed by atoms with Gasteiger partial charge in [0.15, 0.2) is 9.84 Å². The second kappa shape index (κ2) is 13.5. The summed E-state index contributed by atoms with van der Waals surface area (Å²) in [4.78, 5) is 15.6. The highest BCUT2D eigenvalue weighted by Gasteiger charge is 2.25. The Morgan fingerprint density at radius 2 is 1.57 bits per heavy atom. The maximum Gasteiger partial charge on any atom is 0.261 e. The smallest absolute Gasteiger partial charge is 0.261 e. The fraction of sp³-hybridized carbons (Fsp3) is 0.360.